The Balaban J connectivity index is 3.39. The highest BCUT2D eigenvalue weighted by Crippen LogP contribution is 1.97. The van der Waals surface area contributed by atoms with Gasteiger partial charge in [-0.1, -0.05) is 0 Å². The third-order valence-corrected chi connectivity index (χ3v) is 1.09. The Hall–Kier alpha value is -1.37. The molecular weight excluding hydrogens is 146 g/mol. The molecule has 0 heterocycles. The minimum absolute atomic E-state index is 0.194. The second-order valence-corrected chi connectivity index (χ2v) is 2.12. The fraction of sp³-hybridized carbons (Fsp3) is 0.571. The SMILES string of the molecule is N#CCCCC(=O)CC(=O)O. The summed E-state index contributed by atoms with van der Waals surface area (Å²) in [7, 11) is 0. The van der Waals surface area contributed by atoms with Gasteiger partial charge in [0.1, 0.15) is 12.2 Å². The van der Waals surface area contributed by atoms with Crippen molar-refractivity contribution in [3.05, 3.63) is 0 Å². The highest BCUT2D eigenvalue weighted by Gasteiger charge is 2.06. The zero-order valence-corrected chi connectivity index (χ0v) is 6.04. The van der Waals surface area contributed by atoms with Crippen LogP contribution in [-0.2, 0) is 9.59 Å². The van der Waals surface area contributed by atoms with E-state index in [1.165, 1.54) is 0 Å². The summed E-state index contributed by atoms with van der Waals surface area (Å²) in [4.78, 5) is 20.6. The second kappa shape index (κ2) is 5.42. The second-order valence-electron chi connectivity index (χ2n) is 2.12. The van der Waals surface area contributed by atoms with Crippen LogP contribution in [0.25, 0.3) is 0 Å². The molecule has 0 unspecified atom stereocenters. The van der Waals surface area contributed by atoms with E-state index in [0.717, 1.165) is 0 Å². The van der Waals surface area contributed by atoms with Gasteiger partial charge in [0.15, 0.2) is 0 Å². The number of carboxylic acids is 1. The van der Waals surface area contributed by atoms with Crippen LogP contribution in [0.4, 0.5) is 0 Å². The third kappa shape index (κ3) is 6.52. The quantitative estimate of drug-likeness (QED) is 0.468. The van der Waals surface area contributed by atoms with Gasteiger partial charge in [-0.15, -0.1) is 0 Å². The molecule has 60 valence electrons. The molecule has 0 aromatic rings. The molecule has 0 radical (unpaired) electrons. The van der Waals surface area contributed by atoms with Crippen LogP contribution in [0.15, 0.2) is 0 Å². The van der Waals surface area contributed by atoms with E-state index in [-0.39, 0.29) is 12.2 Å². The summed E-state index contributed by atoms with van der Waals surface area (Å²) in [5, 5.41) is 16.2. The molecule has 0 amide bonds. The van der Waals surface area contributed by atoms with Gasteiger partial charge in [0, 0.05) is 12.8 Å². The highest BCUT2D eigenvalue weighted by molar-refractivity contribution is 5.94. The smallest absolute Gasteiger partial charge is 0.310 e. The molecule has 0 aromatic carbocycles. The van der Waals surface area contributed by atoms with E-state index in [9.17, 15) is 9.59 Å². The van der Waals surface area contributed by atoms with E-state index in [4.69, 9.17) is 10.4 Å². The Kier molecular flexibility index (Phi) is 4.74. The van der Waals surface area contributed by atoms with Crippen LogP contribution < -0.4 is 0 Å². The molecular formula is C7H9NO3. The van der Waals surface area contributed by atoms with Crippen molar-refractivity contribution in [2.45, 2.75) is 25.7 Å². The molecule has 11 heavy (non-hydrogen) atoms. The molecule has 0 rings (SSSR count). The van der Waals surface area contributed by atoms with Crippen LogP contribution in [0.5, 0.6) is 0 Å². The van der Waals surface area contributed by atoms with Gasteiger partial charge < -0.3 is 5.11 Å². The standard InChI is InChI=1S/C7H9NO3/c8-4-2-1-3-6(9)5-7(10)11/h1-3,5H2,(H,10,11). The lowest BCUT2D eigenvalue weighted by Crippen LogP contribution is -2.05. The average molecular weight is 155 g/mol. The highest BCUT2D eigenvalue weighted by atomic mass is 16.4. The van der Waals surface area contributed by atoms with Gasteiger partial charge in [-0.05, 0) is 6.42 Å². The summed E-state index contributed by atoms with van der Waals surface area (Å²) in [6, 6.07) is 1.88. The van der Waals surface area contributed by atoms with Gasteiger partial charge in [-0.2, -0.15) is 5.26 Å². The largest absolute Gasteiger partial charge is 0.481 e. The number of nitrogens with zero attached hydrogens (tertiary/aromatic N) is 1. The molecule has 0 aliphatic carbocycles. The first-order valence-electron chi connectivity index (χ1n) is 3.27. The Labute approximate surface area is 64.4 Å². The average Bonchev–Trinajstić information content (AvgIpc) is 1.86. The van der Waals surface area contributed by atoms with Crippen molar-refractivity contribution in [1.82, 2.24) is 0 Å². The van der Waals surface area contributed by atoms with Crippen molar-refractivity contribution in [2.75, 3.05) is 0 Å². The first-order chi connectivity index (χ1) is 5.16. The van der Waals surface area contributed by atoms with E-state index in [1.54, 1.807) is 0 Å². The maximum Gasteiger partial charge on any atom is 0.310 e. The van der Waals surface area contributed by atoms with Crippen molar-refractivity contribution in [1.29, 1.82) is 5.26 Å². The maximum atomic E-state index is 10.6. The number of ketones is 1. The molecule has 0 bridgehead atoms. The summed E-state index contributed by atoms with van der Waals surface area (Å²) in [6.07, 6.45) is 0.541. The number of hydrogen-bond donors (Lipinski definition) is 1. The summed E-state index contributed by atoms with van der Waals surface area (Å²) >= 11 is 0. The van der Waals surface area contributed by atoms with Crippen molar-refractivity contribution < 1.29 is 14.7 Å². The van der Waals surface area contributed by atoms with Gasteiger partial charge in [0.05, 0.1) is 6.07 Å². The van der Waals surface area contributed by atoms with Gasteiger partial charge >= 0.3 is 5.97 Å². The van der Waals surface area contributed by atoms with E-state index in [2.05, 4.69) is 0 Å². The van der Waals surface area contributed by atoms with Crippen molar-refractivity contribution in [3.8, 4) is 6.07 Å². The van der Waals surface area contributed by atoms with E-state index < -0.39 is 12.4 Å². The predicted molar refractivity (Wildman–Crippen MR) is 36.7 cm³/mol. The van der Waals surface area contributed by atoms with Gasteiger partial charge in [-0.25, -0.2) is 0 Å². The molecule has 0 atom stereocenters. The minimum atomic E-state index is -1.10. The number of carbonyl (C=O) groups is 2. The van der Waals surface area contributed by atoms with Crippen molar-refractivity contribution in [3.63, 3.8) is 0 Å². The molecule has 0 saturated heterocycles. The Morgan fingerprint density at radius 1 is 1.45 bits per heavy atom. The molecule has 0 saturated carbocycles. The molecule has 1 N–H and O–H groups in total. The fourth-order valence-electron chi connectivity index (χ4n) is 0.622. The first kappa shape index (κ1) is 9.63. The molecule has 0 aromatic heterocycles. The van der Waals surface area contributed by atoms with Crippen LogP contribution in [0, 0.1) is 11.3 Å². The van der Waals surface area contributed by atoms with Gasteiger partial charge in [0.2, 0.25) is 0 Å². The number of rotatable bonds is 5. The van der Waals surface area contributed by atoms with E-state index in [1.807, 2.05) is 6.07 Å². The molecule has 4 heteroatoms. The van der Waals surface area contributed by atoms with E-state index in [0.29, 0.717) is 12.8 Å². The summed E-state index contributed by atoms with van der Waals surface area (Å²) in [5.41, 5.74) is 0. The number of unbranched alkanes of at least 4 members (excludes halogenated alkanes) is 1. The van der Waals surface area contributed by atoms with Crippen LogP contribution in [0.3, 0.4) is 0 Å². The Morgan fingerprint density at radius 3 is 2.55 bits per heavy atom. The fourth-order valence-corrected chi connectivity index (χ4v) is 0.622. The Morgan fingerprint density at radius 2 is 2.09 bits per heavy atom. The lowest BCUT2D eigenvalue weighted by Gasteiger charge is -1.92. The number of aliphatic carboxylic acids is 1. The van der Waals surface area contributed by atoms with Crippen LogP contribution in [0.2, 0.25) is 0 Å². The van der Waals surface area contributed by atoms with E-state index >= 15 is 0 Å². The van der Waals surface area contributed by atoms with Crippen LogP contribution in [-0.4, -0.2) is 16.9 Å². The zero-order valence-electron chi connectivity index (χ0n) is 6.04. The first-order valence-corrected chi connectivity index (χ1v) is 3.27. The maximum absolute atomic E-state index is 10.6. The van der Waals surface area contributed by atoms with Crippen LogP contribution >= 0.6 is 0 Å². The number of carbonyl (C=O) groups excluding carboxylic acids is 1. The summed E-state index contributed by atoms with van der Waals surface area (Å²) in [6.45, 7) is 0. The van der Waals surface area contributed by atoms with Crippen molar-refractivity contribution >= 4 is 11.8 Å². The van der Waals surface area contributed by atoms with Gasteiger partial charge in [-0.3, -0.25) is 9.59 Å². The topological polar surface area (TPSA) is 78.2 Å². The number of carboxylic acid groups (broad SMARTS) is 1. The minimum Gasteiger partial charge on any atom is -0.481 e. The predicted octanol–water partition coefficient (Wildman–Crippen LogP) is 0.724. The van der Waals surface area contributed by atoms with Crippen LogP contribution in [0.1, 0.15) is 25.7 Å². The number of nitriles is 1. The summed E-state index contributed by atoms with van der Waals surface area (Å²) < 4.78 is 0. The monoisotopic (exact) mass is 155 g/mol. The molecule has 0 aliphatic heterocycles. The lowest BCUT2D eigenvalue weighted by atomic mass is 10.1. The molecule has 0 aliphatic rings. The van der Waals surface area contributed by atoms with Gasteiger partial charge in [0.25, 0.3) is 0 Å². The lowest BCUT2D eigenvalue weighted by molar-refractivity contribution is -0.140. The Bertz CT molecular complexity index is 192. The number of hydrogen-bond acceptors (Lipinski definition) is 3. The number of Topliss-reactive ketones (excluding diaryl/α,β-unsaturated/α-hetero) is 1. The molecule has 0 fully saturated rings. The molecule has 4 nitrogen and oxygen atoms in total. The normalized spacial score (nSPS) is 8.64. The molecule has 0 spiro atoms. The van der Waals surface area contributed by atoms with Crippen molar-refractivity contribution in [2.24, 2.45) is 0 Å². The zero-order chi connectivity index (χ0) is 8.69. The summed E-state index contributed by atoms with van der Waals surface area (Å²) in [5.74, 6) is -1.42. The third-order valence-electron chi connectivity index (χ3n) is 1.09.